The Balaban J connectivity index is 1.28. The summed E-state index contributed by atoms with van der Waals surface area (Å²) in [7, 11) is 0. The van der Waals surface area contributed by atoms with Gasteiger partial charge in [0.15, 0.2) is 18.9 Å². The molecule has 0 aromatic carbocycles. The van der Waals surface area contributed by atoms with Crippen LogP contribution >= 0.6 is 0 Å². The predicted octanol–water partition coefficient (Wildman–Crippen LogP) is 9.28. The predicted molar refractivity (Wildman–Crippen MR) is 337 cm³/mol. The van der Waals surface area contributed by atoms with Crippen LogP contribution in [0.15, 0.2) is 12.2 Å². The number of aliphatic hydroxyl groups excluding tert-OH is 11. The lowest BCUT2D eigenvalue weighted by Gasteiger charge is -2.48. The number of carbonyl (C=O) groups is 1. The lowest BCUT2D eigenvalue weighted by molar-refractivity contribution is -0.379. The van der Waals surface area contributed by atoms with Crippen LogP contribution in [0.25, 0.3) is 0 Å². The number of rotatable bonds is 55. The molecule has 3 heterocycles. The Morgan fingerprint density at radius 3 is 1.08 bits per heavy atom. The highest BCUT2D eigenvalue weighted by atomic mass is 16.8. The summed E-state index contributed by atoms with van der Waals surface area (Å²) in [5.41, 5.74) is 0. The highest BCUT2D eigenvalue weighted by molar-refractivity contribution is 5.76. The fourth-order valence-electron chi connectivity index (χ4n) is 12.3. The minimum Gasteiger partial charge on any atom is -0.394 e. The van der Waals surface area contributed by atoms with Crippen molar-refractivity contribution in [3.05, 3.63) is 12.2 Å². The number of ether oxygens (including phenoxy) is 6. The maximum absolute atomic E-state index is 13.3. The molecule has 3 fully saturated rings. The largest absolute Gasteiger partial charge is 0.394 e. The van der Waals surface area contributed by atoms with Gasteiger partial charge in [-0.25, -0.2) is 0 Å². The Kier molecular flexibility index (Phi) is 46.8. The highest BCUT2D eigenvalue weighted by Crippen LogP contribution is 2.33. The van der Waals surface area contributed by atoms with Crippen molar-refractivity contribution in [1.29, 1.82) is 0 Å². The summed E-state index contributed by atoms with van der Waals surface area (Å²) in [4.78, 5) is 13.3. The van der Waals surface area contributed by atoms with Gasteiger partial charge in [-0.3, -0.25) is 4.79 Å². The lowest BCUT2D eigenvalue weighted by Crippen LogP contribution is -2.66. The van der Waals surface area contributed by atoms with E-state index in [1.54, 1.807) is 6.08 Å². The summed E-state index contributed by atoms with van der Waals surface area (Å²) in [6.45, 7) is 1.70. The maximum atomic E-state index is 13.3. The molecule has 0 saturated carbocycles. The zero-order valence-electron chi connectivity index (χ0n) is 54.3. The van der Waals surface area contributed by atoms with Gasteiger partial charge in [0.2, 0.25) is 5.91 Å². The van der Waals surface area contributed by atoms with Crippen LogP contribution in [0.3, 0.4) is 0 Å². The minimum atomic E-state index is -1.97. The van der Waals surface area contributed by atoms with Crippen molar-refractivity contribution in [1.82, 2.24) is 5.32 Å². The summed E-state index contributed by atoms with van der Waals surface area (Å²) < 4.78 is 34.2. The van der Waals surface area contributed by atoms with Gasteiger partial charge in [-0.1, -0.05) is 270 Å². The molecule has 1 amide bonds. The van der Waals surface area contributed by atoms with Gasteiger partial charge < -0.3 is 89.9 Å². The summed E-state index contributed by atoms with van der Waals surface area (Å²) >= 11 is 0. The molecule has 0 aliphatic carbocycles. The molecule has 0 radical (unpaired) electrons. The van der Waals surface area contributed by atoms with E-state index < -0.39 is 124 Å². The molecule has 19 nitrogen and oxygen atoms in total. The van der Waals surface area contributed by atoms with Crippen LogP contribution in [0.5, 0.6) is 0 Å². The third-order valence-corrected chi connectivity index (χ3v) is 18.1. The van der Waals surface area contributed by atoms with Crippen LogP contribution in [0.1, 0.15) is 284 Å². The molecule has 514 valence electrons. The van der Waals surface area contributed by atoms with Crippen molar-refractivity contribution >= 4 is 5.91 Å². The highest BCUT2D eigenvalue weighted by Gasteiger charge is 2.53. The molecule has 3 aliphatic rings. The molecule has 3 saturated heterocycles. The van der Waals surface area contributed by atoms with Gasteiger partial charge in [-0.2, -0.15) is 0 Å². The van der Waals surface area contributed by atoms with Crippen molar-refractivity contribution in [3.8, 4) is 0 Å². The van der Waals surface area contributed by atoms with E-state index >= 15 is 0 Å². The molecule has 17 atom stereocenters. The molecular formula is C68H129NO18. The summed E-state index contributed by atoms with van der Waals surface area (Å²) in [5.74, 6) is -0.273. The van der Waals surface area contributed by atoms with E-state index in [9.17, 15) is 61.0 Å². The Morgan fingerprint density at radius 2 is 0.713 bits per heavy atom. The lowest BCUT2D eigenvalue weighted by atomic mass is 9.96. The van der Waals surface area contributed by atoms with Crippen LogP contribution in [-0.2, 0) is 33.2 Å². The first-order valence-corrected chi connectivity index (χ1v) is 35.4. The van der Waals surface area contributed by atoms with Gasteiger partial charge in [0.05, 0.1) is 38.6 Å². The van der Waals surface area contributed by atoms with Crippen LogP contribution in [-0.4, -0.2) is 193 Å². The van der Waals surface area contributed by atoms with Crippen LogP contribution < -0.4 is 5.32 Å². The number of carbonyl (C=O) groups excluding carboxylic acids is 1. The second kappa shape index (κ2) is 51.0. The van der Waals surface area contributed by atoms with Gasteiger partial charge in [-0.05, 0) is 19.3 Å². The molecule has 0 aromatic heterocycles. The second-order valence-corrected chi connectivity index (χ2v) is 25.7. The number of allylic oxidation sites excluding steroid dienone is 1. The number of hydrogen-bond acceptors (Lipinski definition) is 18. The maximum Gasteiger partial charge on any atom is 0.220 e. The Morgan fingerprint density at radius 1 is 0.402 bits per heavy atom. The minimum absolute atomic E-state index is 0.249. The van der Waals surface area contributed by atoms with Crippen molar-refractivity contribution in [2.24, 2.45) is 0 Å². The topological polar surface area (TPSA) is 307 Å². The molecule has 3 rings (SSSR count). The Labute approximate surface area is 525 Å². The molecule has 0 aromatic rings. The van der Waals surface area contributed by atoms with E-state index in [0.717, 1.165) is 51.4 Å². The normalized spacial score (nSPS) is 28.6. The number of aliphatic hydroxyl groups is 11. The van der Waals surface area contributed by atoms with Crippen molar-refractivity contribution in [2.75, 3.05) is 26.4 Å². The van der Waals surface area contributed by atoms with Crippen molar-refractivity contribution < 1.29 is 89.4 Å². The fourth-order valence-corrected chi connectivity index (χ4v) is 12.3. The molecular weight excluding hydrogens is 1120 g/mol. The third kappa shape index (κ3) is 33.3. The molecule has 87 heavy (non-hydrogen) atoms. The van der Waals surface area contributed by atoms with E-state index in [-0.39, 0.29) is 18.9 Å². The zero-order chi connectivity index (χ0) is 63.3. The van der Waals surface area contributed by atoms with Crippen molar-refractivity contribution in [3.63, 3.8) is 0 Å². The van der Waals surface area contributed by atoms with E-state index in [1.807, 2.05) is 6.08 Å². The van der Waals surface area contributed by atoms with Crippen LogP contribution in [0.4, 0.5) is 0 Å². The number of amides is 1. The summed E-state index contributed by atoms with van der Waals surface area (Å²) in [5, 5.41) is 120. The number of hydrogen-bond donors (Lipinski definition) is 12. The average Bonchev–Trinajstić information content (AvgIpc) is 1.79. The Bertz CT molecular complexity index is 1630. The monoisotopic (exact) mass is 1250 g/mol. The third-order valence-electron chi connectivity index (χ3n) is 18.1. The molecule has 19 heteroatoms. The average molecular weight is 1250 g/mol. The van der Waals surface area contributed by atoms with Gasteiger partial charge in [0, 0.05) is 6.42 Å². The first-order valence-electron chi connectivity index (χ1n) is 35.4. The van der Waals surface area contributed by atoms with E-state index in [1.165, 1.54) is 205 Å². The molecule has 12 N–H and O–H groups in total. The smallest absolute Gasteiger partial charge is 0.220 e. The van der Waals surface area contributed by atoms with Gasteiger partial charge >= 0.3 is 0 Å². The van der Waals surface area contributed by atoms with Crippen LogP contribution in [0.2, 0.25) is 0 Å². The quantitative estimate of drug-likeness (QED) is 0.0199. The standard InChI is InChI=1S/C68H129NO18/c1-3-5-7-9-11-13-14-15-16-17-18-19-20-21-22-23-24-25-26-27-28-29-30-31-32-33-34-35-36-37-38-40-42-44-46-56(74)69-51(52(73)45-43-41-39-12-10-8-6-4-2)50-82-66-62(80)59(77)64(54(48-71)84-66)87-68-63(81)60(78)65(55(49-72)85-68)86-67-61(79)58(76)57(75)53(47-70)83-67/h43,45,51-55,57-68,70-73,75-81H,3-42,44,46-50H2,1-2H3,(H,69,74)/b45-43+. The SMILES string of the molecule is CCCCCCCC/C=C/C(O)C(COC1OC(CO)C(OC2OC(CO)C(OC3OC(CO)C(O)C(O)C3O)C(O)C2O)C(O)C1O)NC(=O)CCCCCCCCCCCCCCCCCCCCCCCCCCCCCCCCCCCC. The van der Waals surface area contributed by atoms with E-state index in [4.69, 9.17) is 28.4 Å². The van der Waals surface area contributed by atoms with Crippen molar-refractivity contribution in [2.45, 2.75) is 388 Å². The van der Waals surface area contributed by atoms with E-state index in [0.29, 0.717) is 6.42 Å². The second-order valence-electron chi connectivity index (χ2n) is 25.7. The number of unbranched alkanes of at least 4 members (excludes halogenated alkanes) is 39. The fraction of sp³-hybridized carbons (Fsp3) is 0.956. The van der Waals surface area contributed by atoms with Gasteiger partial charge in [0.25, 0.3) is 0 Å². The summed E-state index contributed by atoms with van der Waals surface area (Å²) in [6.07, 6.45) is 29.8. The zero-order valence-corrected chi connectivity index (χ0v) is 54.3. The van der Waals surface area contributed by atoms with E-state index in [2.05, 4.69) is 19.2 Å². The molecule has 0 bridgehead atoms. The van der Waals surface area contributed by atoms with Crippen LogP contribution in [0, 0.1) is 0 Å². The van der Waals surface area contributed by atoms with Gasteiger partial charge in [0.1, 0.15) is 73.2 Å². The molecule has 3 aliphatic heterocycles. The molecule has 17 unspecified atom stereocenters. The Hall–Kier alpha value is -1.47. The molecule has 0 spiro atoms. The summed E-state index contributed by atoms with van der Waals surface area (Å²) in [6, 6.07) is -0.966. The number of nitrogens with one attached hydrogen (secondary N) is 1. The first-order chi connectivity index (χ1) is 42.3. The first kappa shape index (κ1) is 79.8. The van der Waals surface area contributed by atoms with Gasteiger partial charge in [-0.15, -0.1) is 0 Å².